The summed E-state index contributed by atoms with van der Waals surface area (Å²) in [7, 11) is 0. The topological polar surface area (TPSA) is 4.93 Å². The van der Waals surface area contributed by atoms with Crippen LogP contribution in [-0.4, -0.2) is 4.57 Å². The Balaban J connectivity index is 1.43. The summed E-state index contributed by atoms with van der Waals surface area (Å²) < 4.78 is 5.13. The summed E-state index contributed by atoms with van der Waals surface area (Å²) in [6.45, 7) is 0. The highest BCUT2D eigenvalue weighted by molar-refractivity contribution is 7.26. The third-order valence-corrected chi connectivity index (χ3v) is 8.60. The predicted octanol–water partition coefficient (Wildman–Crippen LogP) is 9.97. The summed E-state index contributed by atoms with van der Waals surface area (Å²) in [4.78, 5) is 0. The zero-order valence-electron chi connectivity index (χ0n) is 19.5. The van der Waals surface area contributed by atoms with Crippen LogP contribution in [0.1, 0.15) is 0 Å². The minimum Gasteiger partial charge on any atom is -0.309 e. The molecule has 0 amide bonds. The third-order valence-electron chi connectivity index (χ3n) is 7.38. The van der Waals surface area contributed by atoms with E-state index < -0.39 is 0 Å². The average molecular weight is 476 g/mol. The minimum atomic E-state index is 1.18. The maximum atomic E-state index is 2.42. The number of hydrogen-bond acceptors (Lipinski definition) is 1. The van der Waals surface area contributed by atoms with Gasteiger partial charge in [0.25, 0.3) is 0 Å². The van der Waals surface area contributed by atoms with Crippen molar-refractivity contribution in [3.05, 3.63) is 127 Å². The van der Waals surface area contributed by atoms with Crippen molar-refractivity contribution in [1.82, 2.24) is 4.57 Å². The SMILES string of the molecule is c1ccc(-c2ccc(-n3c4ccccc4c4cc5ccc6c7ccccc7sc6c5cc43)cc2)cc1. The van der Waals surface area contributed by atoms with E-state index in [1.807, 2.05) is 11.3 Å². The van der Waals surface area contributed by atoms with Crippen molar-refractivity contribution in [2.45, 2.75) is 0 Å². The highest BCUT2D eigenvalue weighted by Gasteiger charge is 2.15. The van der Waals surface area contributed by atoms with Gasteiger partial charge in [-0.3, -0.25) is 0 Å². The zero-order valence-corrected chi connectivity index (χ0v) is 20.3. The smallest absolute Gasteiger partial charge is 0.0547 e. The van der Waals surface area contributed by atoms with Crippen LogP contribution in [0.2, 0.25) is 0 Å². The van der Waals surface area contributed by atoms with E-state index in [9.17, 15) is 0 Å². The zero-order chi connectivity index (χ0) is 23.6. The van der Waals surface area contributed by atoms with E-state index in [2.05, 4.69) is 132 Å². The summed E-state index contributed by atoms with van der Waals surface area (Å²) in [6, 6.07) is 46.4. The van der Waals surface area contributed by atoms with Gasteiger partial charge >= 0.3 is 0 Å². The second-order valence-electron chi connectivity index (χ2n) is 9.40. The van der Waals surface area contributed by atoms with E-state index in [-0.39, 0.29) is 0 Å². The van der Waals surface area contributed by atoms with Crippen LogP contribution in [0, 0.1) is 0 Å². The van der Waals surface area contributed by atoms with E-state index >= 15 is 0 Å². The molecule has 0 aliphatic carbocycles. The summed E-state index contributed by atoms with van der Waals surface area (Å²) >= 11 is 1.90. The number of fused-ring (bicyclic) bond motifs is 8. The number of aromatic nitrogens is 1. The molecule has 36 heavy (non-hydrogen) atoms. The first-order chi connectivity index (χ1) is 17.8. The molecule has 2 heterocycles. The Morgan fingerprint density at radius 2 is 1.17 bits per heavy atom. The molecule has 0 fully saturated rings. The lowest BCUT2D eigenvalue weighted by Crippen LogP contribution is -1.93. The Bertz CT molecular complexity index is 2080. The number of nitrogens with zero attached hydrogens (tertiary/aromatic N) is 1. The van der Waals surface area contributed by atoms with Gasteiger partial charge in [0.15, 0.2) is 0 Å². The molecule has 8 aromatic rings. The molecule has 0 radical (unpaired) electrons. The lowest BCUT2D eigenvalue weighted by molar-refractivity contribution is 1.18. The fourth-order valence-electron chi connectivity index (χ4n) is 5.68. The number of benzene rings is 6. The number of rotatable bonds is 2. The van der Waals surface area contributed by atoms with Gasteiger partial charge in [-0.1, -0.05) is 91.0 Å². The molecule has 6 aromatic carbocycles. The number of para-hydroxylation sites is 1. The van der Waals surface area contributed by atoms with Crippen molar-refractivity contribution in [2.24, 2.45) is 0 Å². The maximum absolute atomic E-state index is 2.42. The lowest BCUT2D eigenvalue weighted by atomic mass is 10.0. The van der Waals surface area contributed by atoms with Crippen LogP contribution in [0.3, 0.4) is 0 Å². The summed E-state index contributed by atoms with van der Waals surface area (Å²) in [5.41, 5.74) is 6.15. The van der Waals surface area contributed by atoms with E-state index in [0.717, 1.165) is 0 Å². The van der Waals surface area contributed by atoms with E-state index in [1.54, 1.807) is 0 Å². The second kappa shape index (κ2) is 7.55. The van der Waals surface area contributed by atoms with Crippen molar-refractivity contribution in [3.63, 3.8) is 0 Å². The Morgan fingerprint density at radius 3 is 2.03 bits per heavy atom. The van der Waals surface area contributed by atoms with Crippen molar-refractivity contribution in [3.8, 4) is 16.8 Å². The van der Waals surface area contributed by atoms with Crippen LogP contribution < -0.4 is 0 Å². The van der Waals surface area contributed by atoms with E-state index in [0.29, 0.717) is 0 Å². The van der Waals surface area contributed by atoms with Crippen molar-refractivity contribution in [2.75, 3.05) is 0 Å². The van der Waals surface area contributed by atoms with Crippen LogP contribution in [0.15, 0.2) is 127 Å². The van der Waals surface area contributed by atoms with Gasteiger partial charge in [-0.25, -0.2) is 0 Å². The molecule has 0 aliphatic rings. The molecule has 1 nitrogen and oxygen atoms in total. The molecule has 0 aliphatic heterocycles. The summed E-state index contributed by atoms with van der Waals surface area (Å²) in [5, 5.41) is 7.90. The molecule has 8 rings (SSSR count). The highest BCUT2D eigenvalue weighted by Crippen LogP contribution is 2.41. The minimum absolute atomic E-state index is 1.18. The molecule has 0 bridgehead atoms. The van der Waals surface area contributed by atoms with Crippen LogP contribution >= 0.6 is 11.3 Å². The van der Waals surface area contributed by atoms with Crippen molar-refractivity contribution in [1.29, 1.82) is 0 Å². The molecular formula is C34H21NS. The predicted molar refractivity (Wildman–Crippen MR) is 157 cm³/mol. The quantitative estimate of drug-likeness (QED) is 0.234. The van der Waals surface area contributed by atoms with Gasteiger partial charge in [0, 0.05) is 42.0 Å². The standard InChI is InChI=1S/C34H21NS/c1-2-8-22(9-3-1)23-14-17-25(18-15-23)35-31-12-6-4-10-26(31)30-20-24-16-19-28-27-11-5-7-13-33(27)36-34(28)29(24)21-32(30)35/h1-21H. The van der Waals surface area contributed by atoms with E-state index in [1.165, 1.54) is 69.6 Å². The van der Waals surface area contributed by atoms with Gasteiger partial charge in [-0.15, -0.1) is 11.3 Å². The molecule has 2 aromatic heterocycles. The van der Waals surface area contributed by atoms with Crippen LogP contribution in [-0.2, 0) is 0 Å². The molecule has 2 heteroatoms. The van der Waals surface area contributed by atoms with Gasteiger partial charge < -0.3 is 4.57 Å². The second-order valence-corrected chi connectivity index (χ2v) is 10.4. The van der Waals surface area contributed by atoms with Crippen molar-refractivity contribution >= 4 is 64.1 Å². The van der Waals surface area contributed by atoms with E-state index in [4.69, 9.17) is 0 Å². The van der Waals surface area contributed by atoms with Crippen LogP contribution in [0.4, 0.5) is 0 Å². The third kappa shape index (κ3) is 2.82. The van der Waals surface area contributed by atoms with Crippen LogP contribution in [0.25, 0.3) is 69.6 Å². The van der Waals surface area contributed by atoms with Gasteiger partial charge in [0.05, 0.1) is 11.0 Å². The monoisotopic (exact) mass is 475 g/mol. The molecular weight excluding hydrogens is 454 g/mol. The fraction of sp³-hybridized carbons (Fsp3) is 0. The maximum Gasteiger partial charge on any atom is 0.0547 e. The molecule has 168 valence electrons. The summed E-state index contributed by atoms with van der Waals surface area (Å²) in [5.74, 6) is 0. The largest absolute Gasteiger partial charge is 0.309 e. The van der Waals surface area contributed by atoms with Crippen LogP contribution in [0.5, 0.6) is 0 Å². The van der Waals surface area contributed by atoms with Gasteiger partial charge in [0.1, 0.15) is 0 Å². The first-order valence-electron chi connectivity index (χ1n) is 12.3. The number of thiophene rings is 1. The fourth-order valence-corrected chi connectivity index (χ4v) is 6.91. The lowest BCUT2D eigenvalue weighted by Gasteiger charge is -2.10. The Morgan fingerprint density at radius 1 is 0.444 bits per heavy atom. The molecule has 0 spiro atoms. The first kappa shape index (κ1) is 19.9. The number of hydrogen-bond donors (Lipinski definition) is 0. The summed E-state index contributed by atoms with van der Waals surface area (Å²) in [6.07, 6.45) is 0. The molecule has 0 unspecified atom stereocenters. The Hall–Kier alpha value is -4.40. The Kier molecular flexibility index (Phi) is 4.16. The molecule has 0 atom stereocenters. The molecule has 0 saturated heterocycles. The normalized spacial score (nSPS) is 11.9. The Labute approximate surface area is 212 Å². The van der Waals surface area contributed by atoms with Gasteiger partial charge in [0.2, 0.25) is 0 Å². The first-order valence-corrected chi connectivity index (χ1v) is 13.1. The molecule has 0 N–H and O–H groups in total. The highest BCUT2D eigenvalue weighted by atomic mass is 32.1. The van der Waals surface area contributed by atoms with Crippen molar-refractivity contribution < 1.29 is 0 Å². The van der Waals surface area contributed by atoms with Gasteiger partial charge in [-0.05, 0) is 52.9 Å². The average Bonchev–Trinajstić information content (AvgIpc) is 3.48. The van der Waals surface area contributed by atoms with Gasteiger partial charge in [-0.2, -0.15) is 0 Å². The molecule has 0 saturated carbocycles.